The van der Waals surface area contributed by atoms with Gasteiger partial charge in [-0.25, -0.2) is 4.42 Å². The van der Waals surface area contributed by atoms with E-state index in [1.54, 1.807) is 0 Å². The number of carbonyl (C=O) groups is 1. The van der Waals surface area contributed by atoms with Gasteiger partial charge in [0, 0.05) is 17.6 Å². The van der Waals surface area contributed by atoms with Crippen LogP contribution in [-0.4, -0.2) is 40.7 Å². The van der Waals surface area contributed by atoms with E-state index in [-0.39, 0.29) is 23.1 Å². The summed E-state index contributed by atoms with van der Waals surface area (Å²) in [6.45, 7) is 12.9. The van der Waals surface area contributed by atoms with Gasteiger partial charge in [0.2, 0.25) is 5.91 Å². The molecule has 1 aliphatic heterocycles. The molecule has 0 atom stereocenters. The van der Waals surface area contributed by atoms with E-state index in [1.165, 1.54) is 6.08 Å². The third kappa shape index (κ3) is 4.48. The Morgan fingerprint density at radius 3 is 2.42 bits per heavy atom. The third-order valence-electron chi connectivity index (χ3n) is 3.46. The largest absolute Gasteiger partial charge is 0.376 e. The fraction of sp³-hybridized carbons (Fsp3) is 0.786. The number of nitrogens with one attached hydrogen (secondary N) is 1. The molecule has 0 aromatic rings. The molecule has 110 valence electrons. The molecule has 0 bridgehead atoms. The smallest absolute Gasteiger partial charge is 0.243 e. The number of piperidine rings is 1. The summed E-state index contributed by atoms with van der Waals surface area (Å²) in [5.41, 5.74) is -0.198. The molecule has 0 aromatic heterocycles. The van der Waals surface area contributed by atoms with Crippen LogP contribution in [0.3, 0.4) is 0 Å². The third-order valence-corrected chi connectivity index (χ3v) is 4.37. The molecule has 0 saturated carbocycles. The van der Waals surface area contributed by atoms with Crippen LogP contribution in [-0.2, 0) is 9.53 Å². The number of ether oxygens (including phenoxy) is 1. The maximum absolute atomic E-state index is 11.0. The Bertz CT molecular complexity index is 324. The van der Waals surface area contributed by atoms with Gasteiger partial charge in [-0.3, -0.25) is 4.79 Å². The maximum Gasteiger partial charge on any atom is 0.243 e. The van der Waals surface area contributed by atoms with Crippen molar-refractivity contribution < 1.29 is 9.53 Å². The summed E-state index contributed by atoms with van der Waals surface area (Å²) >= 11 is 6.40. The van der Waals surface area contributed by atoms with Crippen LogP contribution < -0.4 is 5.32 Å². The molecule has 1 N–H and O–H groups in total. The van der Waals surface area contributed by atoms with Crippen LogP contribution in [0.2, 0.25) is 0 Å². The lowest BCUT2D eigenvalue weighted by Crippen LogP contribution is -2.57. The monoisotopic (exact) mass is 288 g/mol. The number of amides is 1. The van der Waals surface area contributed by atoms with Crippen molar-refractivity contribution in [2.45, 2.75) is 57.7 Å². The fourth-order valence-corrected chi connectivity index (χ4v) is 2.89. The molecule has 0 aromatic carbocycles. The number of hydrogen-bond donors (Lipinski definition) is 1. The van der Waals surface area contributed by atoms with Crippen LogP contribution in [0.25, 0.3) is 0 Å². The average molecular weight is 289 g/mol. The predicted molar refractivity (Wildman–Crippen MR) is 78.0 cm³/mol. The number of carbonyl (C=O) groups excluding carboxylic acids is 1. The van der Waals surface area contributed by atoms with Gasteiger partial charge in [0.1, 0.15) is 0 Å². The molecule has 1 heterocycles. The Morgan fingerprint density at radius 1 is 1.42 bits per heavy atom. The van der Waals surface area contributed by atoms with Crippen LogP contribution >= 0.6 is 11.8 Å². The summed E-state index contributed by atoms with van der Waals surface area (Å²) in [5.74, 6) is -0.167. The van der Waals surface area contributed by atoms with Crippen LogP contribution in [0.5, 0.6) is 0 Å². The van der Waals surface area contributed by atoms with E-state index in [9.17, 15) is 4.79 Å². The van der Waals surface area contributed by atoms with E-state index in [4.69, 9.17) is 16.5 Å². The number of nitrogens with zero attached hydrogens (tertiary/aromatic N) is 1. The van der Waals surface area contributed by atoms with E-state index in [1.807, 2.05) is 4.42 Å². The molecule has 19 heavy (non-hydrogen) atoms. The SMILES string of the molecule is C=CC(=O)NCCOC1CC(C)(C)N(Cl)C(C)(C)C1. The van der Waals surface area contributed by atoms with Crippen LogP contribution in [0, 0.1) is 0 Å². The molecule has 5 heteroatoms. The van der Waals surface area contributed by atoms with Crippen molar-refractivity contribution in [3.8, 4) is 0 Å². The van der Waals surface area contributed by atoms with Crippen molar-refractivity contribution >= 4 is 17.7 Å². The summed E-state index contributed by atoms with van der Waals surface area (Å²) in [5, 5.41) is 2.70. The molecular formula is C14H25ClN2O2. The zero-order valence-electron chi connectivity index (χ0n) is 12.3. The van der Waals surface area contributed by atoms with Gasteiger partial charge in [0.05, 0.1) is 12.7 Å². The van der Waals surface area contributed by atoms with Gasteiger partial charge in [-0.1, -0.05) is 6.58 Å². The number of halogens is 1. The molecule has 0 spiro atoms. The first-order chi connectivity index (χ1) is 8.69. The molecule has 0 aliphatic carbocycles. The second-order valence-electron chi connectivity index (χ2n) is 6.30. The van der Waals surface area contributed by atoms with Crippen LogP contribution in [0.4, 0.5) is 0 Å². The first kappa shape index (κ1) is 16.5. The first-order valence-corrected chi connectivity index (χ1v) is 7.01. The molecule has 1 fully saturated rings. The lowest BCUT2D eigenvalue weighted by Gasteiger charge is -2.51. The minimum Gasteiger partial charge on any atom is -0.376 e. The zero-order chi connectivity index (χ0) is 14.7. The molecule has 1 aliphatic rings. The van der Waals surface area contributed by atoms with Crippen molar-refractivity contribution in [3.63, 3.8) is 0 Å². The summed E-state index contributed by atoms with van der Waals surface area (Å²) in [6, 6.07) is 0. The van der Waals surface area contributed by atoms with Gasteiger partial charge in [-0.2, -0.15) is 0 Å². The topological polar surface area (TPSA) is 41.6 Å². The minimum atomic E-state index is -0.167. The quantitative estimate of drug-likeness (QED) is 0.480. The normalized spacial score (nSPS) is 23.0. The Morgan fingerprint density at radius 2 is 1.95 bits per heavy atom. The van der Waals surface area contributed by atoms with Crippen molar-refractivity contribution in [2.75, 3.05) is 13.2 Å². The van der Waals surface area contributed by atoms with E-state index in [0.717, 1.165) is 12.8 Å². The highest BCUT2D eigenvalue weighted by Gasteiger charge is 2.45. The highest BCUT2D eigenvalue weighted by molar-refractivity contribution is 6.14. The highest BCUT2D eigenvalue weighted by atomic mass is 35.5. The highest BCUT2D eigenvalue weighted by Crippen LogP contribution is 2.40. The summed E-state index contributed by atoms with van der Waals surface area (Å²) in [6.07, 6.45) is 3.20. The second kappa shape index (κ2) is 6.25. The van der Waals surface area contributed by atoms with Crippen molar-refractivity contribution in [3.05, 3.63) is 12.7 Å². The lowest BCUT2D eigenvalue weighted by molar-refractivity contribution is -0.117. The number of rotatable bonds is 5. The van der Waals surface area contributed by atoms with Gasteiger partial charge in [-0.05, 0) is 58.4 Å². The van der Waals surface area contributed by atoms with Crippen molar-refractivity contribution in [2.24, 2.45) is 0 Å². The Balaban J connectivity index is 2.43. The van der Waals surface area contributed by atoms with Gasteiger partial charge < -0.3 is 10.1 Å². The molecule has 1 amide bonds. The van der Waals surface area contributed by atoms with Crippen molar-refractivity contribution in [1.82, 2.24) is 9.74 Å². The molecule has 0 radical (unpaired) electrons. The molecule has 4 nitrogen and oxygen atoms in total. The van der Waals surface area contributed by atoms with E-state index >= 15 is 0 Å². The first-order valence-electron chi connectivity index (χ1n) is 6.67. The molecule has 0 unspecified atom stereocenters. The van der Waals surface area contributed by atoms with Crippen molar-refractivity contribution in [1.29, 1.82) is 0 Å². The number of hydrogen-bond acceptors (Lipinski definition) is 3. The summed E-state index contributed by atoms with van der Waals surface area (Å²) in [4.78, 5) is 11.0. The van der Waals surface area contributed by atoms with E-state index in [0.29, 0.717) is 13.2 Å². The van der Waals surface area contributed by atoms with Gasteiger partial charge >= 0.3 is 0 Å². The summed E-state index contributed by atoms with van der Waals surface area (Å²) in [7, 11) is 0. The molecular weight excluding hydrogens is 264 g/mol. The molecule has 1 rings (SSSR count). The molecule has 1 saturated heterocycles. The fourth-order valence-electron chi connectivity index (χ4n) is 2.76. The van der Waals surface area contributed by atoms with Gasteiger partial charge in [0.15, 0.2) is 0 Å². The second-order valence-corrected chi connectivity index (χ2v) is 6.64. The standard InChI is InChI=1S/C14H25ClN2O2/c1-6-12(18)16-7-8-19-11-9-13(2,3)17(15)14(4,5)10-11/h6,11H,1,7-10H2,2-5H3,(H,16,18). The van der Waals surface area contributed by atoms with E-state index < -0.39 is 0 Å². The minimum absolute atomic E-state index is 0.0989. The van der Waals surface area contributed by atoms with Crippen LogP contribution in [0.15, 0.2) is 12.7 Å². The van der Waals surface area contributed by atoms with Gasteiger partial charge in [0.25, 0.3) is 0 Å². The van der Waals surface area contributed by atoms with Gasteiger partial charge in [-0.15, -0.1) is 0 Å². The zero-order valence-corrected chi connectivity index (χ0v) is 13.1. The average Bonchev–Trinajstić information content (AvgIpc) is 2.30. The van der Waals surface area contributed by atoms with Crippen LogP contribution in [0.1, 0.15) is 40.5 Å². The Kier molecular flexibility index (Phi) is 5.42. The summed E-state index contributed by atoms with van der Waals surface area (Å²) < 4.78 is 7.77. The maximum atomic E-state index is 11.0. The predicted octanol–water partition coefficient (Wildman–Crippen LogP) is 2.48. The Hall–Kier alpha value is -0.580. The lowest BCUT2D eigenvalue weighted by atomic mass is 9.81. The van der Waals surface area contributed by atoms with E-state index in [2.05, 4.69) is 39.6 Å². The Labute approximate surface area is 121 Å².